The summed E-state index contributed by atoms with van der Waals surface area (Å²) in [6, 6.07) is 3.28. The van der Waals surface area contributed by atoms with Gasteiger partial charge in [-0.3, -0.25) is 5.10 Å². The Morgan fingerprint density at radius 3 is 2.73 bits per heavy atom. The molecule has 0 unspecified atom stereocenters. The Kier molecular flexibility index (Phi) is 3.89. The van der Waals surface area contributed by atoms with E-state index in [4.69, 9.17) is 0 Å². The van der Waals surface area contributed by atoms with E-state index in [0.29, 0.717) is 22.5 Å². The Morgan fingerprint density at radius 1 is 1.15 bits per heavy atom. The molecule has 0 saturated carbocycles. The van der Waals surface area contributed by atoms with Crippen LogP contribution in [0.1, 0.15) is 11.4 Å². The Morgan fingerprint density at radius 2 is 1.96 bits per heavy atom. The molecule has 6 nitrogen and oxygen atoms in total. The Labute approximate surface area is 148 Å². The minimum absolute atomic E-state index is 0.262. The van der Waals surface area contributed by atoms with Gasteiger partial charge in [-0.15, -0.1) is 0 Å². The Bertz CT molecular complexity index is 1120. The van der Waals surface area contributed by atoms with Crippen molar-refractivity contribution in [1.82, 2.24) is 30.1 Å². The van der Waals surface area contributed by atoms with Crippen LogP contribution in [0.25, 0.3) is 39.6 Å². The normalized spacial score (nSPS) is 11.5. The van der Waals surface area contributed by atoms with Crippen molar-refractivity contribution < 1.29 is 4.39 Å². The fourth-order valence-electron chi connectivity index (χ4n) is 2.78. The largest absolute Gasteiger partial charge is 0.340 e. The molecule has 3 aromatic heterocycles. The molecular weight excluding hydrogens is 331 g/mol. The topological polar surface area (TPSA) is 83.1 Å². The van der Waals surface area contributed by atoms with Crippen molar-refractivity contribution in [3.63, 3.8) is 0 Å². The first-order chi connectivity index (χ1) is 12.7. The Hall–Kier alpha value is -3.61. The lowest BCUT2D eigenvalue weighted by molar-refractivity contribution is 0.636. The van der Waals surface area contributed by atoms with Crippen LogP contribution in [0.2, 0.25) is 0 Å². The van der Waals surface area contributed by atoms with E-state index in [2.05, 4.69) is 36.7 Å². The molecule has 0 amide bonds. The van der Waals surface area contributed by atoms with Gasteiger partial charge in [-0.05, 0) is 30.7 Å². The number of aromatic amines is 2. The van der Waals surface area contributed by atoms with Crippen molar-refractivity contribution >= 4 is 17.0 Å². The number of benzene rings is 1. The van der Waals surface area contributed by atoms with Gasteiger partial charge in [-0.1, -0.05) is 18.7 Å². The van der Waals surface area contributed by atoms with Crippen molar-refractivity contribution in [2.24, 2.45) is 0 Å². The quantitative estimate of drug-likeness (QED) is 0.546. The highest BCUT2D eigenvalue weighted by atomic mass is 19.1. The number of aromatic nitrogens is 6. The summed E-state index contributed by atoms with van der Waals surface area (Å²) in [7, 11) is 0. The van der Waals surface area contributed by atoms with Gasteiger partial charge < -0.3 is 4.98 Å². The molecule has 0 aliphatic heterocycles. The van der Waals surface area contributed by atoms with E-state index in [1.807, 2.05) is 25.1 Å². The summed E-state index contributed by atoms with van der Waals surface area (Å²) in [6.07, 6.45) is 10.1. The lowest BCUT2D eigenvalue weighted by atomic mass is 10.1. The number of imidazole rings is 1. The van der Waals surface area contributed by atoms with Gasteiger partial charge in [-0.25, -0.2) is 19.3 Å². The standard InChI is InChI=1S/C19H15FN6/c1-3-4-5-16-11(2)23-19(24-16)18-14-6-12(13-8-21-10-22-9-13)7-15(20)17(14)25-26-18/h3-10H,1H2,2H3,(H,23,24)(H,25,26)/b5-4-. The number of aryl methyl sites for hydroxylation is 1. The third-order valence-corrected chi connectivity index (χ3v) is 4.06. The number of nitrogens with one attached hydrogen (secondary N) is 2. The van der Waals surface area contributed by atoms with E-state index in [1.165, 1.54) is 12.4 Å². The second-order valence-corrected chi connectivity index (χ2v) is 5.77. The maximum Gasteiger partial charge on any atom is 0.156 e. The van der Waals surface area contributed by atoms with Crippen LogP contribution in [0.4, 0.5) is 4.39 Å². The van der Waals surface area contributed by atoms with Crippen LogP contribution in [-0.4, -0.2) is 30.1 Å². The van der Waals surface area contributed by atoms with Crippen LogP contribution in [-0.2, 0) is 0 Å². The summed E-state index contributed by atoms with van der Waals surface area (Å²) in [5, 5.41) is 7.63. The van der Waals surface area contributed by atoms with Crippen LogP contribution in [0.5, 0.6) is 0 Å². The smallest absolute Gasteiger partial charge is 0.156 e. The summed E-state index contributed by atoms with van der Waals surface area (Å²) >= 11 is 0. The van der Waals surface area contributed by atoms with Gasteiger partial charge in [0, 0.05) is 29.0 Å². The van der Waals surface area contributed by atoms with Gasteiger partial charge in [0.25, 0.3) is 0 Å². The number of allylic oxidation sites excluding steroid dienone is 2. The second kappa shape index (κ2) is 6.36. The molecule has 128 valence electrons. The SMILES string of the molecule is C=C/C=C\c1nc(-c2[nH]nc3c(F)cc(-c4cncnc4)cc23)[nH]c1C. The molecule has 26 heavy (non-hydrogen) atoms. The molecule has 2 N–H and O–H groups in total. The van der Waals surface area contributed by atoms with Gasteiger partial charge in [0.2, 0.25) is 0 Å². The predicted molar refractivity (Wildman–Crippen MR) is 98.6 cm³/mol. The highest BCUT2D eigenvalue weighted by molar-refractivity contribution is 5.94. The van der Waals surface area contributed by atoms with Crippen molar-refractivity contribution in [3.05, 3.63) is 66.8 Å². The van der Waals surface area contributed by atoms with Crippen molar-refractivity contribution in [2.45, 2.75) is 6.92 Å². The lowest BCUT2D eigenvalue weighted by Crippen LogP contribution is -1.86. The molecule has 0 saturated heterocycles. The van der Waals surface area contributed by atoms with Crippen LogP contribution in [0.3, 0.4) is 0 Å². The van der Waals surface area contributed by atoms with E-state index >= 15 is 0 Å². The molecule has 0 radical (unpaired) electrons. The number of rotatable bonds is 4. The van der Waals surface area contributed by atoms with E-state index in [-0.39, 0.29) is 5.52 Å². The van der Waals surface area contributed by atoms with Crippen molar-refractivity contribution in [3.8, 4) is 22.6 Å². The highest BCUT2D eigenvalue weighted by Crippen LogP contribution is 2.31. The molecule has 0 aliphatic carbocycles. The average molecular weight is 346 g/mol. The minimum atomic E-state index is -0.418. The highest BCUT2D eigenvalue weighted by Gasteiger charge is 2.17. The maximum atomic E-state index is 14.5. The zero-order valence-corrected chi connectivity index (χ0v) is 14.0. The zero-order chi connectivity index (χ0) is 18.1. The summed E-state index contributed by atoms with van der Waals surface area (Å²) in [4.78, 5) is 15.8. The van der Waals surface area contributed by atoms with Crippen LogP contribution < -0.4 is 0 Å². The number of hydrogen-bond acceptors (Lipinski definition) is 4. The minimum Gasteiger partial charge on any atom is -0.340 e. The van der Waals surface area contributed by atoms with Crippen LogP contribution >= 0.6 is 0 Å². The van der Waals surface area contributed by atoms with Crippen LogP contribution in [0.15, 0.2) is 49.6 Å². The van der Waals surface area contributed by atoms with Crippen LogP contribution in [0, 0.1) is 12.7 Å². The summed E-state index contributed by atoms with van der Waals surface area (Å²) in [6.45, 7) is 5.58. The molecular formula is C19H15FN6. The average Bonchev–Trinajstić information content (AvgIpc) is 3.24. The molecule has 0 atom stereocenters. The van der Waals surface area contributed by atoms with Gasteiger partial charge >= 0.3 is 0 Å². The fourth-order valence-corrected chi connectivity index (χ4v) is 2.78. The first-order valence-corrected chi connectivity index (χ1v) is 7.96. The van der Waals surface area contributed by atoms with Crippen molar-refractivity contribution in [2.75, 3.05) is 0 Å². The molecule has 0 spiro atoms. The fraction of sp³-hybridized carbons (Fsp3) is 0.0526. The molecule has 4 aromatic rings. The summed E-state index contributed by atoms with van der Waals surface area (Å²) in [5.41, 5.74) is 3.97. The van der Waals surface area contributed by atoms with Crippen molar-refractivity contribution in [1.29, 1.82) is 0 Å². The first kappa shape index (κ1) is 15.9. The van der Waals surface area contributed by atoms with Gasteiger partial charge in [0.15, 0.2) is 11.6 Å². The summed E-state index contributed by atoms with van der Waals surface area (Å²) < 4.78 is 14.5. The molecule has 0 fully saturated rings. The molecule has 7 heteroatoms. The van der Waals surface area contributed by atoms with E-state index in [9.17, 15) is 4.39 Å². The molecule has 3 heterocycles. The molecule has 0 aliphatic rings. The number of halogens is 1. The number of H-pyrrole nitrogens is 2. The zero-order valence-electron chi connectivity index (χ0n) is 14.0. The van der Waals surface area contributed by atoms with Gasteiger partial charge in [-0.2, -0.15) is 5.10 Å². The second-order valence-electron chi connectivity index (χ2n) is 5.77. The third-order valence-electron chi connectivity index (χ3n) is 4.06. The number of nitrogens with zero attached hydrogens (tertiary/aromatic N) is 4. The molecule has 4 rings (SSSR count). The van der Waals surface area contributed by atoms with E-state index in [0.717, 1.165) is 17.0 Å². The third kappa shape index (κ3) is 2.69. The maximum absolute atomic E-state index is 14.5. The molecule has 1 aromatic carbocycles. The monoisotopic (exact) mass is 346 g/mol. The van der Waals surface area contributed by atoms with Gasteiger partial charge in [0.05, 0.1) is 5.69 Å². The molecule has 0 bridgehead atoms. The summed E-state index contributed by atoms with van der Waals surface area (Å²) in [5.74, 6) is 0.175. The van der Waals surface area contributed by atoms with E-state index in [1.54, 1.807) is 18.5 Å². The van der Waals surface area contributed by atoms with E-state index < -0.39 is 5.82 Å². The first-order valence-electron chi connectivity index (χ1n) is 7.96. The lowest BCUT2D eigenvalue weighted by Gasteiger charge is -2.02. The van der Waals surface area contributed by atoms with Gasteiger partial charge in [0.1, 0.15) is 17.5 Å². The number of hydrogen-bond donors (Lipinski definition) is 2. The predicted octanol–water partition coefficient (Wildman–Crippen LogP) is 4.06. The Balaban J connectivity index is 1.88. The number of fused-ring (bicyclic) bond motifs is 1.